The Morgan fingerprint density at radius 1 is 1.00 bits per heavy atom. The summed E-state index contributed by atoms with van der Waals surface area (Å²) in [4.78, 5) is 25.1. The molecule has 1 aromatic heterocycles. The van der Waals surface area contributed by atoms with E-state index in [1.807, 2.05) is 45.0 Å². The first-order valence-corrected chi connectivity index (χ1v) is 9.47. The largest absolute Gasteiger partial charge is 0.324 e. The van der Waals surface area contributed by atoms with Crippen molar-refractivity contribution in [2.75, 3.05) is 10.6 Å². The van der Waals surface area contributed by atoms with Gasteiger partial charge >= 0.3 is 0 Å². The van der Waals surface area contributed by atoms with Gasteiger partial charge in [-0.15, -0.1) is 5.10 Å². The Bertz CT molecular complexity index is 1070. The molecule has 7 nitrogen and oxygen atoms in total. The lowest BCUT2D eigenvalue weighted by atomic mass is 10.1. The third kappa shape index (κ3) is 4.63. The first kappa shape index (κ1) is 20.5. The standard InChI is InChI=1S/C21H22ClN5O2/c1-12-8-9-16(22)10-17(12)23-21(29)20-15(4)27(26-25-20)11-18(28)24-19-13(2)6-5-7-14(19)3/h5-10H,11H2,1-4H3,(H,23,29)(H,24,28). The summed E-state index contributed by atoms with van der Waals surface area (Å²) < 4.78 is 1.41. The van der Waals surface area contributed by atoms with Crippen molar-refractivity contribution in [3.05, 3.63) is 69.5 Å². The fourth-order valence-corrected chi connectivity index (χ4v) is 3.13. The number of para-hydroxylation sites is 1. The number of hydrogen-bond donors (Lipinski definition) is 2. The molecule has 0 aliphatic carbocycles. The van der Waals surface area contributed by atoms with E-state index in [4.69, 9.17) is 11.6 Å². The van der Waals surface area contributed by atoms with E-state index in [9.17, 15) is 9.59 Å². The van der Waals surface area contributed by atoms with Gasteiger partial charge in [0.05, 0.1) is 5.69 Å². The Balaban J connectivity index is 1.72. The van der Waals surface area contributed by atoms with Crippen molar-refractivity contribution in [1.82, 2.24) is 15.0 Å². The monoisotopic (exact) mass is 411 g/mol. The van der Waals surface area contributed by atoms with Gasteiger partial charge in [-0.05, 0) is 56.5 Å². The number of hydrogen-bond acceptors (Lipinski definition) is 4. The summed E-state index contributed by atoms with van der Waals surface area (Å²) in [6.45, 7) is 7.39. The number of benzene rings is 2. The Labute approximate surface area is 174 Å². The van der Waals surface area contributed by atoms with E-state index >= 15 is 0 Å². The van der Waals surface area contributed by atoms with Gasteiger partial charge in [-0.3, -0.25) is 9.59 Å². The SMILES string of the molecule is Cc1ccc(Cl)cc1NC(=O)c1nnn(CC(=O)Nc2c(C)cccc2C)c1C. The van der Waals surface area contributed by atoms with Crippen LogP contribution in [0.3, 0.4) is 0 Å². The number of carbonyl (C=O) groups excluding carboxylic acids is 2. The molecule has 0 atom stereocenters. The van der Waals surface area contributed by atoms with Gasteiger partial charge < -0.3 is 10.6 Å². The van der Waals surface area contributed by atoms with Crippen molar-refractivity contribution in [2.24, 2.45) is 0 Å². The van der Waals surface area contributed by atoms with Crippen molar-refractivity contribution in [2.45, 2.75) is 34.2 Å². The first-order chi connectivity index (χ1) is 13.8. The first-order valence-electron chi connectivity index (χ1n) is 9.10. The number of rotatable bonds is 5. The van der Waals surface area contributed by atoms with Crippen molar-refractivity contribution < 1.29 is 9.59 Å². The highest BCUT2D eigenvalue weighted by molar-refractivity contribution is 6.31. The summed E-state index contributed by atoms with van der Waals surface area (Å²) in [5.74, 6) is -0.651. The third-order valence-electron chi connectivity index (χ3n) is 4.68. The molecule has 0 aliphatic heterocycles. The lowest BCUT2D eigenvalue weighted by Crippen LogP contribution is -2.22. The van der Waals surface area contributed by atoms with Crippen LogP contribution >= 0.6 is 11.6 Å². The van der Waals surface area contributed by atoms with Gasteiger partial charge in [0.2, 0.25) is 5.91 Å². The minimum absolute atomic E-state index is 0.0456. The Morgan fingerprint density at radius 2 is 1.69 bits per heavy atom. The maximum absolute atomic E-state index is 12.6. The number of halogens is 1. The van der Waals surface area contributed by atoms with Crippen LogP contribution in [0.25, 0.3) is 0 Å². The molecule has 3 rings (SSSR count). The molecule has 0 fully saturated rings. The molecule has 150 valence electrons. The molecule has 0 saturated heterocycles. The number of anilines is 2. The zero-order chi connectivity index (χ0) is 21.1. The van der Waals surface area contributed by atoms with Crippen LogP contribution in [0.4, 0.5) is 11.4 Å². The van der Waals surface area contributed by atoms with Crippen LogP contribution in [0.15, 0.2) is 36.4 Å². The average molecular weight is 412 g/mol. The molecule has 0 aliphatic rings. The summed E-state index contributed by atoms with van der Waals surface area (Å²) in [7, 11) is 0. The molecule has 0 bridgehead atoms. The summed E-state index contributed by atoms with van der Waals surface area (Å²) >= 11 is 6.00. The highest BCUT2D eigenvalue weighted by Crippen LogP contribution is 2.21. The van der Waals surface area contributed by atoms with Gasteiger partial charge in [-0.25, -0.2) is 4.68 Å². The molecule has 2 aromatic carbocycles. The highest BCUT2D eigenvalue weighted by Gasteiger charge is 2.19. The lowest BCUT2D eigenvalue weighted by molar-refractivity contribution is -0.117. The molecular formula is C21H22ClN5O2. The molecule has 8 heteroatoms. The van der Waals surface area contributed by atoms with Crippen LogP contribution in [0.1, 0.15) is 32.9 Å². The summed E-state index contributed by atoms with van der Waals surface area (Å²) in [5.41, 5.74) is 4.87. The van der Waals surface area contributed by atoms with Crippen LogP contribution in [0.2, 0.25) is 5.02 Å². The molecule has 29 heavy (non-hydrogen) atoms. The van der Waals surface area contributed by atoms with Gasteiger partial charge in [-0.1, -0.05) is 41.1 Å². The van der Waals surface area contributed by atoms with E-state index in [1.54, 1.807) is 19.1 Å². The molecule has 0 radical (unpaired) electrons. The van der Waals surface area contributed by atoms with Crippen LogP contribution in [-0.4, -0.2) is 26.8 Å². The van der Waals surface area contributed by atoms with E-state index in [0.29, 0.717) is 16.4 Å². The second-order valence-corrected chi connectivity index (χ2v) is 7.35. The van der Waals surface area contributed by atoms with E-state index < -0.39 is 5.91 Å². The lowest BCUT2D eigenvalue weighted by Gasteiger charge is -2.12. The number of nitrogens with one attached hydrogen (secondary N) is 2. The van der Waals surface area contributed by atoms with Gasteiger partial charge in [0, 0.05) is 16.4 Å². The van der Waals surface area contributed by atoms with Crippen LogP contribution < -0.4 is 10.6 Å². The second kappa shape index (κ2) is 8.45. The fourth-order valence-electron chi connectivity index (χ4n) is 2.96. The second-order valence-electron chi connectivity index (χ2n) is 6.91. The maximum atomic E-state index is 12.6. The minimum Gasteiger partial charge on any atom is -0.324 e. The predicted molar refractivity (Wildman–Crippen MR) is 113 cm³/mol. The molecule has 1 heterocycles. The molecule has 0 saturated carbocycles. The Kier molecular flexibility index (Phi) is 5.98. The fraction of sp³-hybridized carbons (Fsp3) is 0.238. The smallest absolute Gasteiger partial charge is 0.278 e. The maximum Gasteiger partial charge on any atom is 0.278 e. The Morgan fingerprint density at radius 3 is 2.38 bits per heavy atom. The van der Waals surface area contributed by atoms with Crippen molar-refractivity contribution in [3.8, 4) is 0 Å². The summed E-state index contributed by atoms with van der Waals surface area (Å²) in [6.07, 6.45) is 0. The number of carbonyl (C=O) groups is 2. The zero-order valence-corrected chi connectivity index (χ0v) is 17.5. The predicted octanol–water partition coefficient (Wildman–Crippen LogP) is 4.06. The van der Waals surface area contributed by atoms with Gasteiger partial charge in [0.1, 0.15) is 6.54 Å². The van der Waals surface area contributed by atoms with E-state index in [2.05, 4.69) is 20.9 Å². The number of aromatic nitrogens is 3. The number of amides is 2. The van der Waals surface area contributed by atoms with E-state index in [1.165, 1.54) is 4.68 Å². The molecule has 3 aromatic rings. The molecule has 0 spiro atoms. The van der Waals surface area contributed by atoms with Crippen LogP contribution in [-0.2, 0) is 11.3 Å². The molecular weight excluding hydrogens is 390 g/mol. The molecule has 0 unspecified atom stereocenters. The molecule has 2 amide bonds. The van der Waals surface area contributed by atoms with Crippen LogP contribution in [0.5, 0.6) is 0 Å². The zero-order valence-electron chi connectivity index (χ0n) is 16.7. The van der Waals surface area contributed by atoms with Crippen LogP contribution in [0, 0.1) is 27.7 Å². The third-order valence-corrected chi connectivity index (χ3v) is 4.92. The number of nitrogens with zero attached hydrogens (tertiary/aromatic N) is 3. The summed E-state index contributed by atoms with van der Waals surface area (Å²) in [5, 5.41) is 14.1. The Hall–Kier alpha value is -3.19. The van der Waals surface area contributed by atoms with Gasteiger partial charge in [-0.2, -0.15) is 0 Å². The summed E-state index contributed by atoms with van der Waals surface area (Å²) in [6, 6.07) is 11.1. The van der Waals surface area contributed by atoms with Gasteiger partial charge in [0.15, 0.2) is 5.69 Å². The molecule has 2 N–H and O–H groups in total. The highest BCUT2D eigenvalue weighted by atomic mass is 35.5. The minimum atomic E-state index is -0.408. The van der Waals surface area contributed by atoms with Crippen molar-refractivity contribution in [1.29, 1.82) is 0 Å². The van der Waals surface area contributed by atoms with E-state index in [0.717, 1.165) is 22.4 Å². The van der Waals surface area contributed by atoms with Crippen molar-refractivity contribution >= 4 is 34.8 Å². The van der Waals surface area contributed by atoms with E-state index in [-0.39, 0.29) is 18.1 Å². The van der Waals surface area contributed by atoms with Crippen molar-refractivity contribution in [3.63, 3.8) is 0 Å². The topological polar surface area (TPSA) is 88.9 Å². The average Bonchev–Trinajstić information content (AvgIpc) is 3.02. The van der Waals surface area contributed by atoms with Gasteiger partial charge in [0.25, 0.3) is 5.91 Å². The number of aryl methyl sites for hydroxylation is 3. The quantitative estimate of drug-likeness (QED) is 0.662. The normalized spacial score (nSPS) is 10.7.